The molecule has 0 saturated heterocycles. The molecule has 1 amide bonds. The highest BCUT2D eigenvalue weighted by molar-refractivity contribution is 7.87. The highest BCUT2D eigenvalue weighted by atomic mass is 32.2. The predicted octanol–water partition coefficient (Wildman–Crippen LogP) is 5.42. The Labute approximate surface area is 198 Å². The molecule has 10 heteroatoms. The number of unbranched alkanes of at least 4 members (excludes halogenated alkanes) is 3. The third-order valence-electron chi connectivity index (χ3n) is 5.09. The summed E-state index contributed by atoms with van der Waals surface area (Å²) in [5, 5.41) is 0. The summed E-state index contributed by atoms with van der Waals surface area (Å²) in [6.07, 6.45) is -0.390. The first-order valence-electron chi connectivity index (χ1n) is 11.0. The molecule has 0 N–H and O–H groups in total. The summed E-state index contributed by atoms with van der Waals surface area (Å²) in [5.41, 5.74) is -0.466. The molecule has 2 aromatic carbocycles. The number of hydrogen-bond donors (Lipinski definition) is 0. The number of ether oxygens (including phenoxy) is 1. The summed E-state index contributed by atoms with van der Waals surface area (Å²) < 4.78 is 74.2. The summed E-state index contributed by atoms with van der Waals surface area (Å²) >= 11 is 0. The van der Waals surface area contributed by atoms with Crippen LogP contribution in [-0.2, 0) is 32.4 Å². The predicted molar refractivity (Wildman–Crippen MR) is 122 cm³/mol. The van der Waals surface area contributed by atoms with Crippen molar-refractivity contribution < 1.29 is 35.3 Å². The van der Waals surface area contributed by atoms with Gasteiger partial charge in [0.2, 0.25) is 5.91 Å². The van der Waals surface area contributed by atoms with Gasteiger partial charge < -0.3 is 13.8 Å². The number of nitrogens with zero attached hydrogens (tertiary/aromatic N) is 1. The number of hydrogen-bond acceptors (Lipinski definition) is 5. The number of rotatable bonds is 13. The summed E-state index contributed by atoms with van der Waals surface area (Å²) in [5.74, 6) is -0.0898. The number of carbonyl (C=O) groups excluding carboxylic acids is 1. The maximum Gasteiger partial charge on any atom is 0.416 e. The van der Waals surface area contributed by atoms with Crippen LogP contribution in [0.4, 0.5) is 13.2 Å². The molecule has 34 heavy (non-hydrogen) atoms. The van der Waals surface area contributed by atoms with Crippen LogP contribution in [0.5, 0.6) is 5.75 Å². The Morgan fingerprint density at radius 2 is 1.76 bits per heavy atom. The molecule has 0 saturated carbocycles. The Morgan fingerprint density at radius 3 is 2.44 bits per heavy atom. The van der Waals surface area contributed by atoms with E-state index in [2.05, 4.69) is 6.92 Å². The normalized spacial score (nSPS) is 11.9. The summed E-state index contributed by atoms with van der Waals surface area (Å²) in [7, 11) is -2.95. The van der Waals surface area contributed by atoms with Crippen molar-refractivity contribution in [3.8, 4) is 5.75 Å². The van der Waals surface area contributed by atoms with Crippen molar-refractivity contribution in [3.63, 3.8) is 0 Å². The zero-order chi connectivity index (χ0) is 25.2. The number of halogens is 3. The topological polar surface area (TPSA) is 72.9 Å². The van der Waals surface area contributed by atoms with Gasteiger partial charge in [0.15, 0.2) is 0 Å². The molecule has 0 aromatic heterocycles. The van der Waals surface area contributed by atoms with Gasteiger partial charge >= 0.3 is 16.3 Å². The van der Waals surface area contributed by atoms with Crippen LogP contribution in [0.3, 0.4) is 0 Å². The fourth-order valence-corrected chi connectivity index (χ4v) is 4.24. The fourth-order valence-electron chi connectivity index (χ4n) is 3.27. The van der Waals surface area contributed by atoms with Gasteiger partial charge in [0, 0.05) is 26.6 Å². The molecule has 0 radical (unpaired) electrons. The van der Waals surface area contributed by atoms with Gasteiger partial charge in [-0.2, -0.15) is 21.6 Å². The Kier molecular flexibility index (Phi) is 10.4. The molecule has 0 aliphatic heterocycles. The Hall–Kier alpha value is -2.59. The summed E-state index contributed by atoms with van der Waals surface area (Å²) in [4.78, 5) is 13.7. The van der Waals surface area contributed by atoms with E-state index in [0.29, 0.717) is 31.2 Å². The van der Waals surface area contributed by atoms with E-state index in [4.69, 9.17) is 8.92 Å². The van der Waals surface area contributed by atoms with E-state index in [0.717, 1.165) is 43.9 Å². The Balaban J connectivity index is 2.15. The van der Waals surface area contributed by atoms with Crippen molar-refractivity contribution in [2.24, 2.45) is 0 Å². The smallest absolute Gasteiger partial charge is 0.383 e. The van der Waals surface area contributed by atoms with Crippen LogP contribution >= 0.6 is 0 Å². The number of amides is 1. The summed E-state index contributed by atoms with van der Waals surface area (Å²) in [6, 6.07) is 9.49. The average molecular weight is 502 g/mol. The van der Waals surface area contributed by atoms with Crippen molar-refractivity contribution >= 4 is 16.0 Å². The maximum absolute atomic E-state index is 13.0. The van der Waals surface area contributed by atoms with Gasteiger partial charge in [0.05, 0.1) is 12.2 Å². The minimum Gasteiger partial charge on any atom is -0.383 e. The molecular weight excluding hydrogens is 471 g/mol. The lowest BCUT2D eigenvalue weighted by Crippen LogP contribution is -2.33. The SMILES string of the molecule is CCCCCCC(=O)N(CCOC)Cc1cccc(OS(=O)(=O)c2cccc(C(F)(F)F)c2)c1. The summed E-state index contributed by atoms with van der Waals surface area (Å²) in [6.45, 7) is 3.03. The third kappa shape index (κ3) is 8.64. The minimum absolute atomic E-state index is 0.0314. The molecule has 0 aliphatic carbocycles. The van der Waals surface area contributed by atoms with Gasteiger partial charge in [-0.25, -0.2) is 0 Å². The van der Waals surface area contributed by atoms with Crippen molar-refractivity contribution in [1.82, 2.24) is 4.90 Å². The molecule has 0 aliphatic rings. The third-order valence-corrected chi connectivity index (χ3v) is 6.33. The average Bonchev–Trinajstić information content (AvgIpc) is 2.79. The quantitative estimate of drug-likeness (QED) is 0.271. The highest BCUT2D eigenvalue weighted by Crippen LogP contribution is 2.31. The first kappa shape index (κ1) is 27.7. The Morgan fingerprint density at radius 1 is 1.03 bits per heavy atom. The van der Waals surface area contributed by atoms with E-state index < -0.39 is 26.8 Å². The van der Waals surface area contributed by atoms with Crippen molar-refractivity contribution in [3.05, 3.63) is 59.7 Å². The molecule has 0 bridgehead atoms. The second kappa shape index (κ2) is 12.8. The van der Waals surface area contributed by atoms with Gasteiger partial charge in [0.25, 0.3) is 0 Å². The van der Waals surface area contributed by atoms with E-state index in [9.17, 15) is 26.4 Å². The first-order valence-corrected chi connectivity index (χ1v) is 12.4. The molecule has 2 aromatic rings. The monoisotopic (exact) mass is 501 g/mol. The van der Waals surface area contributed by atoms with Crippen molar-refractivity contribution in [2.45, 2.75) is 56.6 Å². The van der Waals surface area contributed by atoms with Gasteiger partial charge in [-0.3, -0.25) is 4.79 Å². The van der Waals surface area contributed by atoms with E-state index in [1.807, 2.05) is 0 Å². The van der Waals surface area contributed by atoms with Crippen LogP contribution in [-0.4, -0.2) is 39.5 Å². The van der Waals surface area contributed by atoms with E-state index in [1.165, 1.54) is 19.2 Å². The van der Waals surface area contributed by atoms with Crippen LogP contribution in [0, 0.1) is 0 Å². The van der Waals surface area contributed by atoms with Crippen LogP contribution < -0.4 is 4.18 Å². The van der Waals surface area contributed by atoms with Crippen molar-refractivity contribution in [1.29, 1.82) is 0 Å². The molecule has 0 spiro atoms. The van der Waals surface area contributed by atoms with Gasteiger partial charge in [-0.1, -0.05) is 44.4 Å². The lowest BCUT2D eigenvalue weighted by molar-refractivity contribution is -0.137. The molecule has 6 nitrogen and oxygen atoms in total. The molecular formula is C24H30F3NO5S. The first-order chi connectivity index (χ1) is 16.1. The molecule has 0 fully saturated rings. The fraction of sp³-hybridized carbons (Fsp3) is 0.458. The standard InChI is InChI=1S/C24H30F3NO5S/c1-3-4-5-6-13-23(29)28(14-15-32-2)18-19-9-7-11-21(16-19)33-34(30,31)22-12-8-10-20(17-22)24(25,26)27/h7-12,16-17H,3-6,13-15,18H2,1-2H3. The number of alkyl halides is 3. The van der Waals surface area contributed by atoms with E-state index in [1.54, 1.807) is 17.0 Å². The maximum atomic E-state index is 13.0. The van der Waals surface area contributed by atoms with Crippen LogP contribution in [0.2, 0.25) is 0 Å². The van der Waals surface area contributed by atoms with Gasteiger partial charge in [0.1, 0.15) is 10.6 Å². The lowest BCUT2D eigenvalue weighted by atomic mass is 10.1. The highest BCUT2D eigenvalue weighted by Gasteiger charge is 2.32. The minimum atomic E-state index is -4.68. The lowest BCUT2D eigenvalue weighted by Gasteiger charge is -2.23. The second-order valence-corrected chi connectivity index (χ2v) is 9.38. The number of benzene rings is 2. The Bertz CT molecular complexity index is 1040. The van der Waals surface area contributed by atoms with Crippen LogP contribution in [0.25, 0.3) is 0 Å². The zero-order valence-electron chi connectivity index (χ0n) is 19.3. The van der Waals surface area contributed by atoms with E-state index in [-0.39, 0.29) is 18.2 Å². The molecule has 2 rings (SSSR count). The number of carbonyl (C=O) groups is 1. The van der Waals surface area contributed by atoms with Crippen molar-refractivity contribution in [2.75, 3.05) is 20.3 Å². The molecule has 0 heterocycles. The molecule has 0 unspecified atom stereocenters. The largest absolute Gasteiger partial charge is 0.416 e. The molecule has 0 atom stereocenters. The number of methoxy groups -OCH3 is 1. The second-order valence-electron chi connectivity index (χ2n) is 7.83. The van der Waals surface area contributed by atoms with Crippen LogP contribution in [0.15, 0.2) is 53.4 Å². The molecule has 188 valence electrons. The van der Waals surface area contributed by atoms with E-state index >= 15 is 0 Å². The van der Waals surface area contributed by atoms with Gasteiger partial charge in [-0.05, 0) is 42.3 Å². The van der Waals surface area contributed by atoms with Crippen LogP contribution in [0.1, 0.15) is 50.2 Å². The van der Waals surface area contributed by atoms with Gasteiger partial charge in [-0.15, -0.1) is 0 Å². The zero-order valence-corrected chi connectivity index (χ0v) is 20.1.